The van der Waals surface area contributed by atoms with E-state index in [4.69, 9.17) is 10.5 Å². The SMILES string of the molecule is Cc1c(N)ncnc1Oc1cc(Br)cc([N+](=O)[O-])c1. The van der Waals surface area contributed by atoms with Gasteiger partial charge in [-0.2, -0.15) is 0 Å². The highest BCUT2D eigenvalue weighted by atomic mass is 79.9. The van der Waals surface area contributed by atoms with E-state index in [1.807, 2.05) is 0 Å². The van der Waals surface area contributed by atoms with Crippen molar-refractivity contribution < 1.29 is 9.66 Å². The lowest BCUT2D eigenvalue weighted by Gasteiger charge is -2.08. The summed E-state index contributed by atoms with van der Waals surface area (Å²) < 4.78 is 6.03. The second-order valence-electron chi connectivity index (χ2n) is 3.69. The second kappa shape index (κ2) is 5.19. The molecule has 7 nitrogen and oxygen atoms in total. The van der Waals surface area contributed by atoms with E-state index in [9.17, 15) is 10.1 Å². The van der Waals surface area contributed by atoms with Crippen LogP contribution in [0.25, 0.3) is 0 Å². The van der Waals surface area contributed by atoms with Crippen LogP contribution in [0, 0.1) is 17.0 Å². The maximum Gasteiger partial charge on any atom is 0.274 e. The Kier molecular flexibility index (Phi) is 3.61. The van der Waals surface area contributed by atoms with Gasteiger partial charge in [0, 0.05) is 10.5 Å². The number of nitro benzene ring substituents is 1. The zero-order valence-electron chi connectivity index (χ0n) is 9.83. The van der Waals surface area contributed by atoms with Crippen molar-refractivity contribution in [1.29, 1.82) is 0 Å². The molecule has 0 saturated carbocycles. The number of benzene rings is 1. The van der Waals surface area contributed by atoms with Crippen molar-refractivity contribution >= 4 is 27.4 Å². The first-order valence-electron chi connectivity index (χ1n) is 5.17. The van der Waals surface area contributed by atoms with E-state index in [-0.39, 0.29) is 11.6 Å². The van der Waals surface area contributed by atoms with Crippen molar-refractivity contribution in [2.45, 2.75) is 6.92 Å². The molecule has 0 aliphatic carbocycles. The number of rotatable bonds is 3. The molecule has 19 heavy (non-hydrogen) atoms. The zero-order chi connectivity index (χ0) is 14.0. The zero-order valence-corrected chi connectivity index (χ0v) is 11.4. The topological polar surface area (TPSA) is 104 Å². The molecule has 2 N–H and O–H groups in total. The molecular weight excluding hydrogens is 316 g/mol. The Morgan fingerprint density at radius 2 is 2.11 bits per heavy atom. The number of anilines is 1. The molecule has 0 radical (unpaired) electrons. The van der Waals surface area contributed by atoms with Gasteiger partial charge < -0.3 is 10.5 Å². The summed E-state index contributed by atoms with van der Waals surface area (Å²) in [7, 11) is 0. The van der Waals surface area contributed by atoms with E-state index in [0.29, 0.717) is 21.6 Å². The number of hydrogen-bond acceptors (Lipinski definition) is 6. The molecule has 0 bridgehead atoms. The van der Waals surface area contributed by atoms with E-state index in [1.54, 1.807) is 13.0 Å². The Hall–Kier alpha value is -2.22. The third kappa shape index (κ3) is 2.97. The van der Waals surface area contributed by atoms with Crippen LogP contribution in [0.3, 0.4) is 0 Å². The fourth-order valence-electron chi connectivity index (χ4n) is 1.37. The average molecular weight is 325 g/mol. The van der Waals surface area contributed by atoms with Gasteiger partial charge in [0.2, 0.25) is 5.88 Å². The first-order chi connectivity index (χ1) is 8.97. The van der Waals surface area contributed by atoms with E-state index in [2.05, 4.69) is 25.9 Å². The van der Waals surface area contributed by atoms with Gasteiger partial charge in [0.1, 0.15) is 17.9 Å². The first kappa shape index (κ1) is 13.2. The Labute approximate surface area is 116 Å². The summed E-state index contributed by atoms with van der Waals surface area (Å²) >= 11 is 3.19. The Balaban J connectivity index is 2.38. The highest BCUT2D eigenvalue weighted by molar-refractivity contribution is 9.10. The first-order valence-corrected chi connectivity index (χ1v) is 5.96. The average Bonchev–Trinajstić information content (AvgIpc) is 2.34. The molecule has 1 aromatic carbocycles. The Bertz CT molecular complexity index is 648. The molecule has 0 amide bonds. The Morgan fingerprint density at radius 3 is 2.79 bits per heavy atom. The van der Waals surface area contributed by atoms with Crippen molar-refractivity contribution in [3.05, 3.63) is 44.7 Å². The minimum atomic E-state index is -0.501. The summed E-state index contributed by atoms with van der Waals surface area (Å²) in [6, 6.07) is 4.29. The fraction of sp³-hybridized carbons (Fsp3) is 0.0909. The largest absolute Gasteiger partial charge is 0.438 e. The molecule has 2 aromatic rings. The lowest BCUT2D eigenvalue weighted by atomic mass is 10.3. The van der Waals surface area contributed by atoms with Crippen molar-refractivity contribution in [3.63, 3.8) is 0 Å². The number of non-ortho nitro benzene ring substituents is 1. The third-order valence-corrected chi connectivity index (χ3v) is 2.82. The predicted molar refractivity (Wildman–Crippen MR) is 72.1 cm³/mol. The molecule has 1 heterocycles. The normalized spacial score (nSPS) is 10.2. The van der Waals surface area contributed by atoms with Gasteiger partial charge in [-0.05, 0) is 13.0 Å². The molecule has 2 rings (SSSR count). The van der Waals surface area contributed by atoms with Crippen molar-refractivity contribution in [2.24, 2.45) is 0 Å². The van der Waals surface area contributed by atoms with Crippen LogP contribution in [0.2, 0.25) is 0 Å². The van der Waals surface area contributed by atoms with E-state index in [0.717, 1.165) is 0 Å². The maximum atomic E-state index is 10.8. The highest BCUT2D eigenvalue weighted by Crippen LogP contribution is 2.30. The number of hydrogen-bond donors (Lipinski definition) is 1. The van der Waals surface area contributed by atoms with E-state index in [1.165, 1.54) is 18.5 Å². The highest BCUT2D eigenvalue weighted by Gasteiger charge is 2.12. The number of nitrogens with zero attached hydrogens (tertiary/aromatic N) is 3. The molecular formula is C11H9BrN4O3. The monoisotopic (exact) mass is 324 g/mol. The van der Waals surface area contributed by atoms with Crippen molar-refractivity contribution in [2.75, 3.05) is 5.73 Å². The minimum Gasteiger partial charge on any atom is -0.438 e. The summed E-state index contributed by atoms with van der Waals surface area (Å²) in [5.41, 5.74) is 6.13. The Morgan fingerprint density at radius 1 is 1.37 bits per heavy atom. The molecule has 1 aromatic heterocycles. The molecule has 0 aliphatic heterocycles. The molecule has 0 fully saturated rings. The van der Waals surface area contributed by atoms with Crippen molar-refractivity contribution in [1.82, 2.24) is 9.97 Å². The van der Waals surface area contributed by atoms with Crippen LogP contribution in [0.1, 0.15) is 5.56 Å². The lowest BCUT2D eigenvalue weighted by molar-refractivity contribution is -0.385. The van der Waals surface area contributed by atoms with Crippen LogP contribution >= 0.6 is 15.9 Å². The van der Waals surface area contributed by atoms with Crippen LogP contribution in [0.5, 0.6) is 11.6 Å². The van der Waals surface area contributed by atoms with Crippen LogP contribution in [0.15, 0.2) is 29.0 Å². The number of nitrogen functional groups attached to an aromatic ring is 1. The number of ether oxygens (including phenoxy) is 1. The summed E-state index contributed by atoms with van der Waals surface area (Å²) in [4.78, 5) is 18.0. The molecule has 98 valence electrons. The standard InChI is InChI=1S/C11H9BrN4O3/c1-6-10(13)14-5-15-11(6)19-9-3-7(12)2-8(4-9)16(17)18/h2-5H,1H3,(H2,13,14,15). The summed E-state index contributed by atoms with van der Waals surface area (Å²) in [5.74, 6) is 0.858. The quantitative estimate of drug-likeness (QED) is 0.687. The number of halogens is 1. The van der Waals surface area contributed by atoms with Crippen molar-refractivity contribution in [3.8, 4) is 11.6 Å². The number of nitro groups is 1. The van der Waals surface area contributed by atoms with Gasteiger partial charge >= 0.3 is 0 Å². The molecule has 0 atom stereocenters. The van der Waals surface area contributed by atoms with Gasteiger partial charge in [-0.25, -0.2) is 9.97 Å². The summed E-state index contributed by atoms with van der Waals surface area (Å²) in [6.07, 6.45) is 1.27. The lowest BCUT2D eigenvalue weighted by Crippen LogP contribution is -1.99. The van der Waals surface area contributed by atoms with Gasteiger partial charge in [0.25, 0.3) is 5.69 Å². The van der Waals surface area contributed by atoms with Gasteiger partial charge in [0.15, 0.2) is 0 Å². The minimum absolute atomic E-state index is 0.0796. The summed E-state index contributed by atoms with van der Waals surface area (Å²) in [5, 5.41) is 10.8. The fourth-order valence-corrected chi connectivity index (χ4v) is 1.83. The smallest absolute Gasteiger partial charge is 0.274 e. The predicted octanol–water partition coefficient (Wildman–Crippen LogP) is 2.83. The van der Waals surface area contributed by atoms with Gasteiger partial charge in [-0.1, -0.05) is 15.9 Å². The van der Waals surface area contributed by atoms with Crippen LogP contribution in [0.4, 0.5) is 11.5 Å². The number of nitrogens with two attached hydrogens (primary N) is 1. The van der Waals surface area contributed by atoms with Crippen LogP contribution in [-0.2, 0) is 0 Å². The van der Waals surface area contributed by atoms with Crippen LogP contribution in [-0.4, -0.2) is 14.9 Å². The molecule has 0 spiro atoms. The van der Waals surface area contributed by atoms with Gasteiger partial charge in [-0.15, -0.1) is 0 Å². The maximum absolute atomic E-state index is 10.8. The molecule has 8 heteroatoms. The third-order valence-electron chi connectivity index (χ3n) is 2.36. The van der Waals surface area contributed by atoms with Gasteiger partial charge in [0.05, 0.1) is 16.6 Å². The van der Waals surface area contributed by atoms with E-state index < -0.39 is 4.92 Å². The molecule has 0 aliphatic rings. The number of aromatic nitrogens is 2. The van der Waals surface area contributed by atoms with Crippen LogP contribution < -0.4 is 10.5 Å². The molecule has 0 unspecified atom stereocenters. The summed E-state index contributed by atoms with van der Waals surface area (Å²) in [6.45, 7) is 1.71. The van der Waals surface area contributed by atoms with Gasteiger partial charge in [-0.3, -0.25) is 10.1 Å². The molecule has 0 saturated heterocycles. The van der Waals surface area contributed by atoms with E-state index >= 15 is 0 Å². The second-order valence-corrected chi connectivity index (χ2v) is 4.61.